The molecule has 1 aromatic carbocycles. The third-order valence-electron chi connectivity index (χ3n) is 8.32. The Morgan fingerprint density at radius 2 is 1.85 bits per heavy atom. The van der Waals surface area contributed by atoms with Gasteiger partial charge < -0.3 is 15.1 Å². The third-order valence-corrected chi connectivity index (χ3v) is 8.32. The Bertz CT molecular complexity index is 1140. The highest BCUT2D eigenvalue weighted by atomic mass is 16.2. The maximum absolute atomic E-state index is 13.5. The van der Waals surface area contributed by atoms with Crippen molar-refractivity contribution in [2.45, 2.75) is 77.4 Å². The number of carbonyl (C=O) groups excluding carboxylic acids is 3. The summed E-state index contributed by atoms with van der Waals surface area (Å²) in [6, 6.07) is 13.2. The summed E-state index contributed by atoms with van der Waals surface area (Å²) in [6.45, 7) is 9.78. The van der Waals surface area contributed by atoms with E-state index in [-0.39, 0.29) is 17.7 Å². The number of amides is 3. The third kappa shape index (κ3) is 6.89. The van der Waals surface area contributed by atoms with Gasteiger partial charge in [-0.15, -0.1) is 0 Å². The summed E-state index contributed by atoms with van der Waals surface area (Å²) in [4.78, 5) is 50.2. The van der Waals surface area contributed by atoms with Crippen LogP contribution in [0.25, 0.3) is 0 Å². The first-order valence-electron chi connectivity index (χ1n) is 14.8. The number of rotatable bonds is 11. The van der Waals surface area contributed by atoms with Crippen molar-refractivity contribution < 1.29 is 14.4 Å². The van der Waals surface area contributed by atoms with Crippen molar-refractivity contribution in [3.05, 3.63) is 65.5 Å². The Hall–Kier alpha value is -3.26. The van der Waals surface area contributed by atoms with E-state index in [0.717, 1.165) is 50.2 Å². The minimum absolute atomic E-state index is 0.00156. The molecule has 3 amide bonds. The van der Waals surface area contributed by atoms with Crippen LogP contribution in [0.1, 0.15) is 74.5 Å². The summed E-state index contributed by atoms with van der Waals surface area (Å²) in [5, 5.41) is 3.09. The van der Waals surface area contributed by atoms with Gasteiger partial charge in [0.25, 0.3) is 5.91 Å². The highest BCUT2D eigenvalue weighted by Gasteiger charge is 2.53. The fourth-order valence-corrected chi connectivity index (χ4v) is 5.89. The zero-order valence-electron chi connectivity index (χ0n) is 24.6. The second-order valence-corrected chi connectivity index (χ2v) is 11.8. The van der Waals surface area contributed by atoms with E-state index in [0.29, 0.717) is 43.8 Å². The fraction of sp³-hybridized carbons (Fsp3) is 0.562. The molecule has 0 radical (unpaired) electrons. The summed E-state index contributed by atoms with van der Waals surface area (Å²) in [5.41, 5.74) is 2.03. The molecule has 40 heavy (non-hydrogen) atoms. The number of aromatic nitrogens is 1. The Morgan fingerprint density at radius 1 is 1.12 bits per heavy atom. The molecular weight excluding hydrogens is 502 g/mol. The number of carbonyl (C=O) groups is 3. The van der Waals surface area contributed by atoms with Crippen LogP contribution < -0.4 is 5.32 Å². The average molecular weight is 548 g/mol. The van der Waals surface area contributed by atoms with Crippen LogP contribution in [0.4, 0.5) is 0 Å². The molecule has 2 aliphatic rings. The standard InChI is InChI=1S/C32H45N5O3/c1-5-6-18-37-30(39)28(22-24(2)3)34-31(40)32(37)15-20-36(21-16-32)23-25-10-12-26(13-11-25)29(38)35(4)19-14-27-9-7-8-17-33-27/h7-13,17,24,28H,5-6,14-16,18-23H2,1-4H3,(H,34,40)/t28-/m0/s1. The number of pyridine rings is 1. The molecular formula is C32H45N5O3. The molecule has 216 valence electrons. The van der Waals surface area contributed by atoms with Crippen LogP contribution in [-0.2, 0) is 22.6 Å². The van der Waals surface area contributed by atoms with Gasteiger partial charge in [0.2, 0.25) is 11.8 Å². The molecule has 0 aliphatic carbocycles. The van der Waals surface area contributed by atoms with E-state index in [1.54, 1.807) is 11.1 Å². The van der Waals surface area contributed by atoms with Gasteiger partial charge in [-0.05, 0) is 61.4 Å². The van der Waals surface area contributed by atoms with Gasteiger partial charge >= 0.3 is 0 Å². The van der Waals surface area contributed by atoms with Crippen molar-refractivity contribution in [3.63, 3.8) is 0 Å². The van der Waals surface area contributed by atoms with Crippen LogP contribution in [-0.4, -0.2) is 82.2 Å². The second kappa shape index (κ2) is 13.4. The smallest absolute Gasteiger partial charge is 0.253 e. The van der Waals surface area contributed by atoms with Crippen LogP contribution in [0.15, 0.2) is 48.7 Å². The van der Waals surface area contributed by atoms with Gasteiger partial charge in [-0.1, -0.05) is 45.4 Å². The number of nitrogens with one attached hydrogen (secondary N) is 1. The number of nitrogens with zero attached hydrogens (tertiary/aromatic N) is 4. The minimum atomic E-state index is -0.744. The average Bonchev–Trinajstić information content (AvgIpc) is 2.96. The molecule has 0 unspecified atom stereocenters. The van der Waals surface area contributed by atoms with Gasteiger partial charge in [0.1, 0.15) is 11.6 Å². The maximum Gasteiger partial charge on any atom is 0.253 e. The van der Waals surface area contributed by atoms with Gasteiger partial charge in [0, 0.05) is 63.6 Å². The SMILES string of the molecule is CCCCN1C(=O)[C@H](CC(C)C)NC(=O)C12CCN(Cc1ccc(C(=O)N(C)CCc3ccccn3)cc1)CC2. The van der Waals surface area contributed by atoms with E-state index in [2.05, 4.69) is 36.0 Å². The summed E-state index contributed by atoms with van der Waals surface area (Å²) in [5.74, 6) is 0.439. The number of piperazine rings is 1. The first kappa shape index (κ1) is 29.7. The highest BCUT2D eigenvalue weighted by molar-refractivity contribution is 6.00. The predicted molar refractivity (Wildman–Crippen MR) is 157 cm³/mol. The van der Waals surface area contributed by atoms with Crippen LogP contribution in [0.3, 0.4) is 0 Å². The predicted octanol–water partition coefficient (Wildman–Crippen LogP) is 3.90. The zero-order valence-corrected chi connectivity index (χ0v) is 24.6. The van der Waals surface area contributed by atoms with Gasteiger partial charge in [0.15, 0.2) is 0 Å². The molecule has 1 spiro atoms. The lowest BCUT2D eigenvalue weighted by molar-refractivity contribution is -0.161. The summed E-state index contributed by atoms with van der Waals surface area (Å²) in [7, 11) is 1.82. The van der Waals surface area contributed by atoms with Crippen LogP contribution in [0.5, 0.6) is 0 Å². The molecule has 0 bridgehead atoms. The molecule has 2 aromatic rings. The molecule has 1 N–H and O–H groups in total. The topological polar surface area (TPSA) is 85.8 Å². The number of piperidine rings is 1. The number of benzene rings is 1. The Kier molecular flexibility index (Phi) is 9.95. The van der Waals surface area contributed by atoms with Crippen molar-refractivity contribution in [1.29, 1.82) is 0 Å². The van der Waals surface area contributed by atoms with E-state index in [1.165, 1.54) is 0 Å². The number of hydrogen-bond acceptors (Lipinski definition) is 5. The minimum Gasteiger partial charge on any atom is -0.342 e. The van der Waals surface area contributed by atoms with Gasteiger partial charge in [-0.2, -0.15) is 0 Å². The molecule has 4 rings (SSSR count). The molecule has 3 heterocycles. The van der Waals surface area contributed by atoms with Crippen LogP contribution in [0.2, 0.25) is 0 Å². The fourth-order valence-electron chi connectivity index (χ4n) is 5.89. The zero-order chi connectivity index (χ0) is 28.7. The molecule has 1 aromatic heterocycles. The second-order valence-electron chi connectivity index (χ2n) is 11.8. The summed E-state index contributed by atoms with van der Waals surface area (Å²) >= 11 is 0. The van der Waals surface area contributed by atoms with Crippen molar-refractivity contribution in [3.8, 4) is 0 Å². The van der Waals surface area contributed by atoms with E-state index in [9.17, 15) is 14.4 Å². The Balaban J connectivity index is 1.33. The van der Waals surface area contributed by atoms with Gasteiger partial charge in [0.05, 0.1) is 0 Å². The van der Waals surface area contributed by atoms with E-state index < -0.39 is 11.6 Å². The molecule has 2 aliphatic heterocycles. The van der Waals surface area contributed by atoms with Gasteiger partial charge in [-0.3, -0.25) is 24.3 Å². The molecule has 2 fully saturated rings. The van der Waals surface area contributed by atoms with E-state index in [1.807, 2.05) is 54.4 Å². The first-order chi connectivity index (χ1) is 19.2. The molecule has 8 heteroatoms. The van der Waals surface area contributed by atoms with E-state index in [4.69, 9.17) is 0 Å². The monoisotopic (exact) mass is 547 g/mol. The van der Waals surface area contributed by atoms with Crippen molar-refractivity contribution >= 4 is 17.7 Å². The van der Waals surface area contributed by atoms with Crippen molar-refractivity contribution in [2.75, 3.05) is 33.2 Å². The van der Waals surface area contributed by atoms with Crippen molar-refractivity contribution in [1.82, 2.24) is 25.0 Å². The number of unbranched alkanes of at least 4 members (excludes halogenated alkanes) is 1. The summed E-state index contributed by atoms with van der Waals surface area (Å²) in [6.07, 6.45) is 6.33. The molecule has 0 saturated carbocycles. The molecule has 2 saturated heterocycles. The number of likely N-dealkylation sites (tertiary alicyclic amines) is 1. The molecule has 8 nitrogen and oxygen atoms in total. The van der Waals surface area contributed by atoms with Gasteiger partial charge in [-0.25, -0.2) is 0 Å². The quantitative estimate of drug-likeness (QED) is 0.461. The van der Waals surface area contributed by atoms with E-state index >= 15 is 0 Å². The molecule has 1 atom stereocenters. The number of hydrogen-bond donors (Lipinski definition) is 1. The normalized spacial score (nSPS) is 19.2. The lowest BCUT2D eigenvalue weighted by Gasteiger charge is -2.52. The largest absolute Gasteiger partial charge is 0.342 e. The Labute approximate surface area is 239 Å². The van der Waals surface area contributed by atoms with Crippen LogP contribution >= 0.6 is 0 Å². The summed E-state index contributed by atoms with van der Waals surface area (Å²) < 4.78 is 0. The highest BCUT2D eigenvalue weighted by Crippen LogP contribution is 2.34. The number of likely N-dealkylation sites (N-methyl/N-ethyl adjacent to an activating group) is 1. The van der Waals surface area contributed by atoms with Crippen molar-refractivity contribution in [2.24, 2.45) is 5.92 Å². The Morgan fingerprint density at radius 3 is 2.48 bits per heavy atom. The maximum atomic E-state index is 13.5. The van der Waals surface area contributed by atoms with Crippen LogP contribution in [0, 0.1) is 5.92 Å². The first-order valence-corrected chi connectivity index (χ1v) is 14.8. The lowest BCUT2D eigenvalue weighted by atomic mass is 9.80. The lowest BCUT2D eigenvalue weighted by Crippen LogP contribution is -2.73.